The second-order valence-corrected chi connectivity index (χ2v) is 9.26. The molecule has 1 aliphatic heterocycles. The number of para-hydroxylation sites is 1. The lowest BCUT2D eigenvalue weighted by Crippen LogP contribution is -2.29. The number of aliphatic hydroxyl groups is 1. The van der Waals surface area contributed by atoms with E-state index in [1.54, 1.807) is 48.5 Å². The van der Waals surface area contributed by atoms with Crippen molar-refractivity contribution >= 4 is 23.1 Å². The number of nitrogens with zero attached hydrogens (tertiary/aromatic N) is 1. The number of aromatic hydroxyl groups is 1. The molecule has 4 rings (SSSR count). The van der Waals surface area contributed by atoms with Crippen molar-refractivity contribution in [3.05, 3.63) is 95.1 Å². The average molecular weight is 458 g/mol. The van der Waals surface area contributed by atoms with E-state index in [0.717, 1.165) is 5.56 Å². The van der Waals surface area contributed by atoms with Crippen LogP contribution < -0.4 is 9.64 Å². The van der Waals surface area contributed by atoms with Crippen LogP contribution in [0.4, 0.5) is 5.69 Å². The Bertz CT molecular complexity index is 1270. The summed E-state index contributed by atoms with van der Waals surface area (Å²) >= 11 is 0. The molecule has 1 heterocycles. The largest absolute Gasteiger partial charge is 0.508 e. The van der Waals surface area contributed by atoms with Crippen molar-refractivity contribution in [2.24, 2.45) is 0 Å². The zero-order chi connectivity index (χ0) is 24.6. The number of Topliss-reactive ketones (excluding diaryl/α,β-unsaturated/α-hetero) is 1. The fraction of sp³-hybridized carbons (Fsp3) is 0.214. The third kappa shape index (κ3) is 4.03. The summed E-state index contributed by atoms with van der Waals surface area (Å²) in [4.78, 5) is 27.9. The number of phenolic OH excluding ortho intramolecular Hbond substituents is 1. The lowest BCUT2D eigenvalue weighted by Gasteiger charge is -2.26. The SMILES string of the molecule is COc1ccc(C(C)(C)C)cc1/C(O)=C1\C(=O)C(=O)N(c2ccccc2)C1c1ccc(O)cc1. The summed E-state index contributed by atoms with van der Waals surface area (Å²) in [5.74, 6) is -1.39. The van der Waals surface area contributed by atoms with Gasteiger partial charge in [-0.3, -0.25) is 14.5 Å². The molecule has 1 saturated heterocycles. The number of hydrogen-bond donors (Lipinski definition) is 2. The van der Waals surface area contributed by atoms with Crippen molar-refractivity contribution in [1.82, 2.24) is 0 Å². The number of carbonyl (C=O) groups excluding carboxylic acids is 2. The molecule has 0 saturated carbocycles. The molecule has 0 bridgehead atoms. The molecule has 0 spiro atoms. The maximum Gasteiger partial charge on any atom is 0.300 e. The Morgan fingerprint density at radius 1 is 0.941 bits per heavy atom. The zero-order valence-electron chi connectivity index (χ0n) is 19.6. The van der Waals surface area contributed by atoms with Crippen molar-refractivity contribution in [2.75, 3.05) is 12.0 Å². The van der Waals surface area contributed by atoms with Gasteiger partial charge in [-0.1, -0.05) is 57.2 Å². The molecule has 3 aromatic carbocycles. The molecule has 1 fully saturated rings. The molecule has 3 aromatic rings. The molecule has 174 valence electrons. The molecule has 6 heteroatoms. The van der Waals surface area contributed by atoms with Crippen molar-refractivity contribution in [1.29, 1.82) is 0 Å². The summed E-state index contributed by atoms with van der Waals surface area (Å²) in [5, 5.41) is 21.3. The summed E-state index contributed by atoms with van der Waals surface area (Å²) in [6.07, 6.45) is 0. The van der Waals surface area contributed by atoms with Crippen LogP contribution in [0.15, 0.2) is 78.4 Å². The Morgan fingerprint density at radius 2 is 1.59 bits per heavy atom. The number of anilines is 1. The highest BCUT2D eigenvalue weighted by molar-refractivity contribution is 6.51. The number of phenols is 1. The molecular weight excluding hydrogens is 430 g/mol. The minimum absolute atomic E-state index is 0.0381. The van der Waals surface area contributed by atoms with Gasteiger partial charge < -0.3 is 14.9 Å². The van der Waals surface area contributed by atoms with Crippen LogP contribution in [0.1, 0.15) is 43.5 Å². The van der Waals surface area contributed by atoms with E-state index in [-0.39, 0.29) is 22.5 Å². The highest BCUT2D eigenvalue weighted by Gasteiger charge is 2.47. The Labute approximate surface area is 198 Å². The summed E-state index contributed by atoms with van der Waals surface area (Å²) in [6, 6.07) is 19.7. The molecule has 0 radical (unpaired) electrons. The van der Waals surface area contributed by atoms with E-state index in [1.165, 1.54) is 24.1 Å². The number of rotatable bonds is 4. The highest BCUT2D eigenvalue weighted by atomic mass is 16.5. The first-order chi connectivity index (χ1) is 16.1. The van der Waals surface area contributed by atoms with Crippen molar-refractivity contribution < 1.29 is 24.5 Å². The average Bonchev–Trinajstić information content (AvgIpc) is 3.09. The first-order valence-electron chi connectivity index (χ1n) is 11.0. The second kappa shape index (κ2) is 8.71. The van der Waals surface area contributed by atoms with Gasteiger partial charge in [-0.15, -0.1) is 0 Å². The smallest absolute Gasteiger partial charge is 0.300 e. The van der Waals surface area contributed by atoms with E-state index in [9.17, 15) is 19.8 Å². The van der Waals surface area contributed by atoms with Gasteiger partial charge in [0.1, 0.15) is 17.3 Å². The predicted octanol–water partition coefficient (Wildman–Crippen LogP) is 5.32. The third-order valence-corrected chi connectivity index (χ3v) is 6.01. The van der Waals surface area contributed by atoms with Gasteiger partial charge in [-0.25, -0.2) is 0 Å². The molecule has 0 aliphatic carbocycles. The number of benzene rings is 3. The van der Waals surface area contributed by atoms with Crippen LogP contribution in [0.25, 0.3) is 5.76 Å². The van der Waals surface area contributed by atoms with Gasteiger partial charge in [0.2, 0.25) is 0 Å². The number of carbonyl (C=O) groups is 2. The van der Waals surface area contributed by atoms with E-state index in [1.807, 2.05) is 32.9 Å². The predicted molar refractivity (Wildman–Crippen MR) is 131 cm³/mol. The van der Waals surface area contributed by atoms with E-state index in [4.69, 9.17) is 4.74 Å². The third-order valence-electron chi connectivity index (χ3n) is 6.01. The van der Waals surface area contributed by atoms with Crippen molar-refractivity contribution in [3.8, 4) is 11.5 Å². The highest BCUT2D eigenvalue weighted by Crippen LogP contribution is 2.44. The van der Waals surface area contributed by atoms with Crippen LogP contribution >= 0.6 is 0 Å². The van der Waals surface area contributed by atoms with Gasteiger partial charge >= 0.3 is 0 Å². The van der Waals surface area contributed by atoms with E-state index in [2.05, 4.69) is 0 Å². The minimum Gasteiger partial charge on any atom is -0.508 e. The molecule has 0 aromatic heterocycles. The van der Waals surface area contributed by atoms with Gasteiger partial charge in [0, 0.05) is 5.69 Å². The molecule has 34 heavy (non-hydrogen) atoms. The van der Waals surface area contributed by atoms with Crippen LogP contribution in [0.3, 0.4) is 0 Å². The Balaban J connectivity index is 1.99. The van der Waals surface area contributed by atoms with Gasteiger partial charge in [0.15, 0.2) is 0 Å². The van der Waals surface area contributed by atoms with Gasteiger partial charge in [0.05, 0.1) is 24.3 Å². The van der Waals surface area contributed by atoms with Crippen LogP contribution in [0.2, 0.25) is 0 Å². The standard InChI is InChI=1S/C28H27NO5/c1-28(2,3)18-12-15-22(34-4)21(16-18)25(31)23-24(17-10-13-20(30)14-11-17)29(27(33)26(23)32)19-8-6-5-7-9-19/h5-16,24,30-31H,1-4H3/b25-23+. The normalized spacial score (nSPS) is 17.8. The molecule has 1 unspecified atom stereocenters. The minimum atomic E-state index is -0.883. The first-order valence-corrected chi connectivity index (χ1v) is 11.0. The number of ketones is 1. The van der Waals surface area contributed by atoms with Gasteiger partial charge in [-0.05, 0) is 52.9 Å². The fourth-order valence-corrected chi connectivity index (χ4v) is 4.16. The number of methoxy groups -OCH3 is 1. The molecule has 6 nitrogen and oxygen atoms in total. The van der Waals surface area contributed by atoms with Crippen LogP contribution in [0.5, 0.6) is 11.5 Å². The monoisotopic (exact) mass is 457 g/mol. The molecule has 1 aliphatic rings. The molecule has 2 N–H and O–H groups in total. The van der Waals surface area contributed by atoms with Crippen LogP contribution in [-0.4, -0.2) is 29.0 Å². The summed E-state index contributed by atoms with van der Waals surface area (Å²) in [5.41, 5.74) is 2.13. The summed E-state index contributed by atoms with van der Waals surface area (Å²) in [7, 11) is 1.49. The summed E-state index contributed by atoms with van der Waals surface area (Å²) in [6.45, 7) is 6.14. The Hall–Kier alpha value is -4.06. The van der Waals surface area contributed by atoms with Crippen LogP contribution in [0, 0.1) is 0 Å². The van der Waals surface area contributed by atoms with Crippen molar-refractivity contribution in [2.45, 2.75) is 32.2 Å². The maximum atomic E-state index is 13.3. The lowest BCUT2D eigenvalue weighted by atomic mass is 9.85. The number of aliphatic hydroxyl groups excluding tert-OH is 1. The summed E-state index contributed by atoms with van der Waals surface area (Å²) < 4.78 is 5.49. The zero-order valence-corrected chi connectivity index (χ0v) is 19.6. The van der Waals surface area contributed by atoms with Crippen molar-refractivity contribution in [3.63, 3.8) is 0 Å². The van der Waals surface area contributed by atoms with Crippen LogP contribution in [-0.2, 0) is 15.0 Å². The number of hydrogen-bond acceptors (Lipinski definition) is 5. The van der Waals surface area contributed by atoms with E-state index >= 15 is 0 Å². The topological polar surface area (TPSA) is 87.1 Å². The Morgan fingerprint density at radius 3 is 2.18 bits per heavy atom. The Kier molecular flexibility index (Phi) is 5.92. The van der Waals surface area contributed by atoms with Gasteiger partial charge in [-0.2, -0.15) is 0 Å². The van der Waals surface area contributed by atoms with E-state index < -0.39 is 17.7 Å². The maximum absolute atomic E-state index is 13.3. The molecule has 1 atom stereocenters. The second-order valence-electron chi connectivity index (χ2n) is 9.26. The number of amides is 1. The van der Waals surface area contributed by atoms with E-state index in [0.29, 0.717) is 22.6 Å². The fourth-order valence-electron chi connectivity index (χ4n) is 4.16. The quantitative estimate of drug-likeness (QED) is 0.314. The first kappa shape index (κ1) is 23.1. The number of ether oxygens (including phenoxy) is 1. The lowest BCUT2D eigenvalue weighted by molar-refractivity contribution is -0.132. The molecule has 1 amide bonds. The molecular formula is C28H27NO5. The van der Waals surface area contributed by atoms with Gasteiger partial charge in [0.25, 0.3) is 11.7 Å².